The highest BCUT2D eigenvalue weighted by Gasteiger charge is 2.28. The molecule has 0 unspecified atom stereocenters. The smallest absolute Gasteiger partial charge is 0.270 e. The van der Waals surface area contributed by atoms with Gasteiger partial charge in [0.2, 0.25) is 11.8 Å². The maximum atomic E-state index is 13.1. The molecule has 0 bridgehead atoms. The van der Waals surface area contributed by atoms with Crippen LogP contribution in [-0.2, 0) is 9.59 Å². The number of aromatic nitrogens is 1. The van der Waals surface area contributed by atoms with Gasteiger partial charge in [-0.2, -0.15) is 0 Å². The molecule has 2 aromatic carbocycles. The van der Waals surface area contributed by atoms with Gasteiger partial charge in [0.15, 0.2) is 0 Å². The first-order chi connectivity index (χ1) is 16.3. The third kappa shape index (κ3) is 5.09. The van der Waals surface area contributed by atoms with E-state index < -0.39 is 5.91 Å². The Kier molecular flexibility index (Phi) is 6.91. The summed E-state index contributed by atoms with van der Waals surface area (Å²) in [4.78, 5) is 44.5. The fourth-order valence-corrected chi connectivity index (χ4v) is 4.25. The van der Waals surface area contributed by atoms with Gasteiger partial charge in [-0.25, -0.2) is 4.98 Å². The van der Waals surface area contributed by atoms with Gasteiger partial charge in [0, 0.05) is 35.9 Å². The molecule has 2 N–H and O–H groups in total. The number of rotatable bonds is 4. The van der Waals surface area contributed by atoms with E-state index in [1.165, 1.54) is 0 Å². The number of piperidine rings is 1. The topological polar surface area (TPSA) is 91.4 Å². The number of carbonyl (C=O) groups excluding carboxylic acids is 3. The van der Waals surface area contributed by atoms with Gasteiger partial charge in [0.05, 0.1) is 16.8 Å². The van der Waals surface area contributed by atoms with Crippen LogP contribution in [0.4, 0.5) is 0 Å². The molecular formula is C27H30N4O3. The number of likely N-dealkylation sites (tertiary alicyclic amines) is 1. The summed E-state index contributed by atoms with van der Waals surface area (Å²) in [6.07, 6.45) is 1.16. The molecule has 1 fully saturated rings. The normalized spacial score (nSPS) is 14.3. The number of nitrogens with one attached hydrogen (secondary N) is 2. The number of pyridine rings is 1. The minimum absolute atomic E-state index is 0.0512. The Morgan fingerprint density at radius 2 is 1.65 bits per heavy atom. The van der Waals surface area contributed by atoms with E-state index in [0.717, 1.165) is 11.1 Å². The lowest BCUT2D eigenvalue weighted by atomic mass is 9.95. The Hall–Kier alpha value is -3.74. The molecule has 176 valence electrons. The Bertz CT molecular complexity index is 1210. The lowest BCUT2D eigenvalue weighted by Crippen LogP contribution is -2.48. The van der Waals surface area contributed by atoms with Gasteiger partial charge < -0.3 is 4.90 Å². The van der Waals surface area contributed by atoms with Crippen LogP contribution in [0.2, 0.25) is 0 Å². The van der Waals surface area contributed by atoms with Gasteiger partial charge in [-0.05, 0) is 31.9 Å². The lowest BCUT2D eigenvalue weighted by Gasteiger charge is -2.32. The molecule has 7 heteroatoms. The average molecular weight is 459 g/mol. The zero-order chi connectivity index (χ0) is 24.2. The maximum absolute atomic E-state index is 13.1. The minimum Gasteiger partial charge on any atom is -0.342 e. The number of para-hydroxylation sites is 1. The summed E-state index contributed by atoms with van der Waals surface area (Å²) in [5.41, 5.74) is 9.07. The van der Waals surface area contributed by atoms with E-state index in [-0.39, 0.29) is 23.7 Å². The van der Waals surface area contributed by atoms with Crippen LogP contribution in [-0.4, -0.2) is 40.7 Å². The summed E-state index contributed by atoms with van der Waals surface area (Å²) >= 11 is 0. The van der Waals surface area contributed by atoms with E-state index in [9.17, 15) is 14.4 Å². The number of benzene rings is 2. The highest BCUT2D eigenvalue weighted by Crippen LogP contribution is 2.25. The summed E-state index contributed by atoms with van der Waals surface area (Å²) in [6, 6.07) is 17.2. The fraction of sp³-hybridized carbons (Fsp3) is 0.333. The summed E-state index contributed by atoms with van der Waals surface area (Å²) in [5.74, 6) is -0.811. The molecule has 7 nitrogen and oxygen atoms in total. The van der Waals surface area contributed by atoms with Gasteiger partial charge in [-0.15, -0.1) is 0 Å². The molecule has 0 radical (unpaired) electrons. The van der Waals surface area contributed by atoms with Crippen molar-refractivity contribution >= 4 is 28.6 Å². The van der Waals surface area contributed by atoms with Crippen molar-refractivity contribution in [2.75, 3.05) is 13.1 Å². The van der Waals surface area contributed by atoms with Crippen molar-refractivity contribution in [3.63, 3.8) is 0 Å². The first kappa shape index (κ1) is 23.4. The number of hydrogen-bond donors (Lipinski definition) is 2. The molecule has 3 amide bonds. The number of carbonyl (C=O) groups is 3. The summed E-state index contributed by atoms with van der Waals surface area (Å²) in [5, 5.41) is 0.714. The van der Waals surface area contributed by atoms with Gasteiger partial charge >= 0.3 is 0 Å². The van der Waals surface area contributed by atoms with Crippen LogP contribution in [0.3, 0.4) is 0 Å². The van der Waals surface area contributed by atoms with E-state index in [2.05, 4.69) is 10.9 Å². The van der Waals surface area contributed by atoms with E-state index in [0.29, 0.717) is 48.1 Å². The molecule has 4 rings (SSSR count). The molecule has 1 saturated heterocycles. The van der Waals surface area contributed by atoms with Crippen molar-refractivity contribution < 1.29 is 14.4 Å². The molecule has 0 atom stereocenters. The van der Waals surface area contributed by atoms with Crippen LogP contribution < -0.4 is 10.9 Å². The third-order valence-electron chi connectivity index (χ3n) is 6.28. The Morgan fingerprint density at radius 3 is 2.32 bits per heavy atom. The van der Waals surface area contributed by atoms with Crippen LogP contribution in [0.25, 0.3) is 22.2 Å². The summed E-state index contributed by atoms with van der Waals surface area (Å²) in [7, 11) is 0. The van der Waals surface area contributed by atoms with Crippen molar-refractivity contribution in [2.45, 2.75) is 33.6 Å². The van der Waals surface area contributed by atoms with E-state index >= 15 is 0 Å². The molecule has 1 aliphatic rings. The maximum Gasteiger partial charge on any atom is 0.270 e. The van der Waals surface area contributed by atoms with Gasteiger partial charge in [0.1, 0.15) is 0 Å². The molecular weight excluding hydrogens is 428 g/mol. The van der Waals surface area contributed by atoms with E-state index in [1.54, 1.807) is 6.07 Å². The predicted octanol–water partition coefficient (Wildman–Crippen LogP) is 3.87. The number of aryl methyl sites for hydroxylation is 1. The fourth-order valence-electron chi connectivity index (χ4n) is 4.25. The van der Waals surface area contributed by atoms with E-state index in [4.69, 9.17) is 4.98 Å². The van der Waals surface area contributed by atoms with Gasteiger partial charge in [0.25, 0.3) is 5.91 Å². The molecule has 0 spiro atoms. The van der Waals surface area contributed by atoms with Crippen molar-refractivity contribution in [3.05, 3.63) is 65.7 Å². The van der Waals surface area contributed by atoms with Crippen LogP contribution in [0.1, 0.15) is 42.6 Å². The first-order valence-corrected chi connectivity index (χ1v) is 11.7. The predicted molar refractivity (Wildman–Crippen MR) is 132 cm³/mol. The van der Waals surface area contributed by atoms with Crippen LogP contribution in [0.5, 0.6) is 0 Å². The van der Waals surface area contributed by atoms with Crippen molar-refractivity contribution in [2.24, 2.45) is 11.8 Å². The molecule has 34 heavy (non-hydrogen) atoms. The molecule has 1 aliphatic heterocycles. The SMILES string of the molecule is Cc1ccc(-c2cc(C(=O)NNC(=O)C3CCN(C(=O)C(C)C)CC3)c3ccccc3n2)cc1. The van der Waals surface area contributed by atoms with E-state index in [1.807, 2.05) is 74.2 Å². The third-order valence-corrected chi connectivity index (χ3v) is 6.28. The minimum atomic E-state index is -0.396. The second-order valence-corrected chi connectivity index (χ2v) is 9.14. The highest BCUT2D eigenvalue weighted by atomic mass is 16.2. The van der Waals surface area contributed by atoms with Crippen LogP contribution in [0.15, 0.2) is 54.6 Å². The molecule has 0 saturated carbocycles. The molecule has 2 heterocycles. The Labute approximate surface area is 199 Å². The Balaban J connectivity index is 1.46. The quantitative estimate of drug-likeness (QED) is 0.581. The lowest BCUT2D eigenvalue weighted by molar-refractivity contribution is -0.138. The summed E-state index contributed by atoms with van der Waals surface area (Å²) in [6.45, 7) is 6.88. The molecule has 3 aromatic rings. The largest absolute Gasteiger partial charge is 0.342 e. The number of amides is 3. The van der Waals surface area contributed by atoms with Crippen LogP contribution >= 0.6 is 0 Å². The zero-order valence-corrected chi connectivity index (χ0v) is 19.8. The van der Waals surface area contributed by atoms with Crippen molar-refractivity contribution in [3.8, 4) is 11.3 Å². The number of nitrogens with zero attached hydrogens (tertiary/aromatic N) is 2. The zero-order valence-electron chi connectivity index (χ0n) is 19.8. The standard InChI is InChI=1S/C27H30N4O3/c1-17(2)27(34)31-14-12-20(13-15-31)25(32)29-30-26(33)22-16-24(19-10-8-18(3)9-11-19)28-23-7-5-4-6-21(22)23/h4-11,16-17,20H,12-15H2,1-3H3,(H,29,32)(H,30,33). The monoisotopic (exact) mass is 458 g/mol. The second kappa shape index (κ2) is 10.0. The summed E-state index contributed by atoms with van der Waals surface area (Å²) < 4.78 is 0. The highest BCUT2D eigenvalue weighted by molar-refractivity contribution is 6.07. The molecule has 1 aromatic heterocycles. The van der Waals surface area contributed by atoms with Crippen LogP contribution in [0, 0.1) is 18.8 Å². The molecule has 0 aliphatic carbocycles. The van der Waals surface area contributed by atoms with Gasteiger partial charge in [-0.3, -0.25) is 25.2 Å². The van der Waals surface area contributed by atoms with Gasteiger partial charge in [-0.1, -0.05) is 61.9 Å². The number of hydrazine groups is 1. The first-order valence-electron chi connectivity index (χ1n) is 11.7. The van der Waals surface area contributed by atoms with Crippen molar-refractivity contribution in [1.29, 1.82) is 0 Å². The number of fused-ring (bicyclic) bond motifs is 1. The second-order valence-electron chi connectivity index (χ2n) is 9.14. The average Bonchev–Trinajstić information content (AvgIpc) is 2.86. The van der Waals surface area contributed by atoms with Crippen molar-refractivity contribution in [1.82, 2.24) is 20.7 Å². The number of hydrogen-bond acceptors (Lipinski definition) is 4. The Morgan fingerprint density at radius 1 is 0.971 bits per heavy atom.